The molecule has 1 aromatic rings. The highest BCUT2D eigenvalue weighted by atomic mass is 35.5. The van der Waals surface area contributed by atoms with Crippen molar-refractivity contribution in [1.82, 2.24) is 4.72 Å². The molecule has 1 aromatic carbocycles. The molecule has 0 atom stereocenters. The molecule has 0 aliphatic heterocycles. The third-order valence-corrected chi connectivity index (χ3v) is 5.68. The van der Waals surface area contributed by atoms with Crippen LogP contribution in [0.25, 0.3) is 0 Å². The summed E-state index contributed by atoms with van der Waals surface area (Å²) in [5.41, 5.74) is 6.52. The molecule has 2 rings (SSSR count). The number of aryl methyl sites for hydroxylation is 1. The monoisotopic (exact) mass is 316 g/mol. The first-order chi connectivity index (χ1) is 9.32. The van der Waals surface area contributed by atoms with Crippen LogP contribution in [0, 0.1) is 6.92 Å². The van der Waals surface area contributed by atoms with E-state index in [4.69, 9.17) is 17.3 Å². The van der Waals surface area contributed by atoms with E-state index in [1.807, 2.05) is 0 Å². The maximum absolute atomic E-state index is 12.4. The molecule has 0 bridgehead atoms. The average molecular weight is 317 g/mol. The van der Waals surface area contributed by atoms with Crippen LogP contribution >= 0.6 is 11.6 Å². The fourth-order valence-electron chi connectivity index (χ4n) is 2.61. The van der Waals surface area contributed by atoms with Gasteiger partial charge < -0.3 is 5.73 Å². The Bertz CT molecular complexity index is 581. The van der Waals surface area contributed by atoms with Crippen LogP contribution in [0.15, 0.2) is 23.1 Å². The first-order valence-electron chi connectivity index (χ1n) is 6.87. The SMILES string of the molecule is Cc1ccc(Cl)cc1S(=O)(=O)NCC1(N)CCCCC1. The molecule has 0 aromatic heterocycles. The van der Waals surface area contributed by atoms with Crippen molar-refractivity contribution in [3.8, 4) is 0 Å². The summed E-state index contributed by atoms with van der Waals surface area (Å²) in [5, 5.41) is 0.413. The average Bonchev–Trinajstić information content (AvgIpc) is 2.40. The molecule has 1 aliphatic carbocycles. The number of nitrogens with two attached hydrogens (primary N) is 1. The Kier molecular flexibility index (Phi) is 4.74. The molecule has 20 heavy (non-hydrogen) atoms. The van der Waals surface area contributed by atoms with Gasteiger partial charge in [0.05, 0.1) is 4.90 Å². The van der Waals surface area contributed by atoms with Crippen molar-refractivity contribution in [2.24, 2.45) is 5.73 Å². The van der Waals surface area contributed by atoms with E-state index in [0.29, 0.717) is 10.6 Å². The minimum Gasteiger partial charge on any atom is -0.324 e. The topological polar surface area (TPSA) is 72.2 Å². The van der Waals surface area contributed by atoms with Gasteiger partial charge in [-0.25, -0.2) is 13.1 Å². The summed E-state index contributed by atoms with van der Waals surface area (Å²) in [6.45, 7) is 2.03. The number of hydrogen-bond acceptors (Lipinski definition) is 3. The highest BCUT2D eigenvalue weighted by molar-refractivity contribution is 7.89. The Balaban J connectivity index is 2.13. The van der Waals surface area contributed by atoms with Crippen LogP contribution in [0.3, 0.4) is 0 Å². The molecule has 0 unspecified atom stereocenters. The number of halogens is 1. The van der Waals surface area contributed by atoms with Crippen LogP contribution in [0.4, 0.5) is 0 Å². The zero-order valence-electron chi connectivity index (χ0n) is 11.7. The van der Waals surface area contributed by atoms with E-state index in [1.54, 1.807) is 19.1 Å². The zero-order chi connectivity index (χ0) is 14.8. The molecule has 4 nitrogen and oxygen atoms in total. The number of benzene rings is 1. The Morgan fingerprint density at radius 1 is 1.30 bits per heavy atom. The van der Waals surface area contributed by atoms with Gasteiger partial charge in [0.15, 0.2) is 0 Å². The summed E-state index contributed by atoms with van der Waals surface area (Å²) in [6.07, 6.45) is 5.04. The van der Waals surface area contributed by atoms with Crippen LogP contribution in [0.1, 0.15) is 37.7 Å². The molecule has 3 N–H and O–H groups in total. The number of rotatable bonds is 4. The van der Waals surface area contributed by atoms with Crippen molar-refractivity contribution < 1.29 is 8.42 Å². The lowest BCUT2D eigenvalue weighted by molar-refractivity contribution is 0.296. The van der Waals surface area contributed by atoms with Crippen LogP contribution < -0.4 is 10.5 Å². The molecule has 1 saturated carbocycles. The fraction of sp³-hybridized carbons (Fsp3) is 0.571. The maximum atomic E-state index is 12.4. The summed E-state index contributed by atoms with van der Waals surface area (Å²) < 4.78 is 27.4. The van der Waals surface area contributed by atoms with E-state index in [9.17, 15) is 8.42 Å². The minimum atomic E-state index is -3.57. The van der Waals surface area contributed by atoms with Gasteiger partial charge in [-0.3, -0.25) is 0 Å². The van der Waals surface area contributed by atoms with Gasteiger partial charge in [-0.15, -0.1) is 0 Å². The smallest absolute Gasteiger partial charge is 0.240 e. The molecular formula is C14H21ClN2O2S. The van der Waals surface area contributed by atoms with Crippen LogP contribution in [-0.2, 0) is 10.0 Å². The van der Waals surface area contributed by atoms with E-state index in [2.05, 4.69) is 4.72 Å². The van der Waals surface area contributed by atoms with E-state index in [1.165, 1.54) is 12.5 Å². The quantitative estimate of drug-likeness (QED) is 0.896. The van der Waals surface area contributed by atoms with Crippen LogP contribution in [-0.4, -0.2) is 20.5 Å². The maximum Gasteiger partial charge on any atom is 0.240 e. The minimum absolute atomic E-state index is 0.226. The van der Waals surface area contributed by atoms with E-state index in [-0.39, 0.29) is 11.4 Å². The third-order valence-electron chi connectivity index (χ3n) is 3.90. The Morgan fingerprint density at radius 2 is 1.95 bits per heavy atom. The lowest BCUT2D eigenvalue weighted by Crippen LogP contribution is -2.51. The normalized spacial score (nSPS) is 18.9. The first-order valence-corrected chi connectivity index (χ1v) is 8.73. The lowest BCUT2D eigenvalue weighted by Gasteiger charge is -2.33. The summed E-state index contributed by atoms with van der Waals surface area (Å²) in [7, 11) is -3.57. The van der Waals surface area contributed by atoms with Crippen molar-refractivity contribution in [3.63, 3.8) is 0 Å². The predicted octanol–water partition coefficient (Wildman–Crippen LogP) is 2.59. The standard InChI is InChI=1S/C14H21ClN2O2S/c1-11-5-6-12(15)9-13(11)20(18,19)17-10-14(16)7-3-2-4-8-14/h5-6,9,17H,2-4,7-8,10,16H2,1H3. The first kappa shape index (κ1) is 15.8. The fourth-order valence-corrected chi connectivity index (χ4v) is 4.26. The lowest BCUT2D eigenvalue weighted by atomic mass is 9.83. The van der Waals surface area contributed by atoms with E-state index >= 15 is 0 Å². The molecular weight excluding hydrogens is 296 g/mol. The molecule has 0 saturated heterocycles. The largest absolute Gasteiger partial charge is 0.324 e. The second-order valence-electron chi connectivity index (χ2n) is 5.66. The molecule has 112 valence electrons. The van der Waals surface area contributed by atoms with Gasteiger partial charge >= 0.3 is 0 Å². The number of nitrogens with one attached hydrogen (secondary N) is 1. The van der Waals surface area contributed by atoms with Crippen LogP contribution in [0.2, 0.25) is 5.02 Å². The zero-order valence-corrected chi connectivity index (χ0v) is 13.2. The van der Waals surface area contributed by atoms with Crippen LogP contribution in [0.5, 0.6) is 0 Å². The molecule has 1 aliphatic rings. The molecule has 0 amide bonds. The Labute approximate surface area is 125 Å². The van der Waals surface area contributed by atoms with Crippen molar-refractivity contribution in [2.75, 3.05) is 6.54 Å². The molecule has 0 heterocycles. The summed E-state index contributed by atoms with van der Waals surface area (Å²) in [6, 6.07) is 4.86. The van der Waals surface area contributed by atoms with Gasteiger partial charge in [0, 0.05) is 17.1 Å². The van der Waals surface area contributed by atoms with Gasteiger partial charge in [-0.05, 0) is 37.5 Å². The molecule has 0 spiro atoms. The van der Waals surface area contributed by atoms with E-state index in [0.717, 1.165) is 25.7 Å². The van der Waals surface area contributed by atoms with Crippen molar-refractivity contribution in [1.29, 1.82) is 0 Å². The highest BCUT2D eigenvalue weighted by Crippen LogP contribution is 2.26. The van der Waals surface area contributed by atoms with Gasteiger partial charge in [0.25, 0.3) is 0 Å². The van der Waals surface area contributed by atoms with Gasteiger partial charge in [0.1, 0.15) is 0 Å². The van der Waals surface area contributed by atoms with Crippen molar-refractivity contribution in [2.45, 2.75) is 49.5 Å². The Hall–Kier alpha value is -0.620. The Morgan fingerprint density at radius 3 is 2.60 bits per heavy atom. The van der Waals surface area contributed by atoms with Gasteiger partial charge in [0.2, 0.25) is 10.0 Å². The highest BCUT2D eigenvalue weighted by Gasteiger charge is 2.29. The second kappa shape index (κ2) is 6.02. The third kappa shape index (κ3) is 3.73. The van der Waals surface area contributed by atoms with Crippen molar-refractivity contribution >= 4 is 21.6 Å². The van der Waals surface area contributed by atoms with Gasteiger partial charge in [-0.2, -0.15) is 0 Å². The summed E-state index contributed by atoms with van der Waals surface area (Å²) in [4.78, 5) is 0.226. The van der Waals surface area contributed by atoms with Gasteiger partial charge in [-0.1, -0.05) is 36.9 Å². The number of sulfonamides is 1. The molecule has 1 fully saturated rings. The summed E-state index contributed by atoms with van der Waals surface area (Å²) in [5.74, 6) is 0. The molecule has 0 radical (unpaired) electrons. The van der Waals surface area contributed by atoms with E-state index < -0.39 is 15.6 Å². The molecule has 6 heteroatoms. The van der Waals surface area contributed by atoms with Crippen molar-refractivity contribution in [3.05, 3.63) is 28.8 Å². The summed E-state index contributed by atoms with van der Waals surface area (Å²) >= 11 is 5.88. The second-order valence-corrected chi connectivity index (χ2v) is 7.83. The number of hydrogen-bond donors (Lipinski definition) is 2. The predicted molar refractivity (Wildman–Crippen MR) is 81.4 cm³/mol.